The Kier molecular flexibility index (Phi) is 7.09. The summed E-state index contributed by atoms with van der Waals surface area (Å²) in [5, 5.41) is 3.01. The van der Waals surface area contributed by atoms with Crippen molar-refractivity contribution in [2.75, 3.05) is 18.5 Å². The van der Waals surface area contributed by atoms with E-state index in [1.54, 1.807) is 4.90 Å². The summed E-state index contributed by atoms with van der Waals surface area (Å²) in [6.45, 7) is 3.20. The quantitative estimate of drug-likeness (QED) is 0.611. The van der Waals surface area contributed by atoms with Crippen molar-refractivity contribution in [3.63, 3.8) is 0 Å². The smallest absolute Gasteiger partial charge is 0.242 e. The lowest BCUT2D eigenvalue weighted by Crippen LogP contribution is -2.38. The number of nitrogens with one attached hydrogen (secondary N) is 1. The summed E-state index contributed by atoms with van der Waals surface area (Å²) in [7, 11) is 0. The third kappa shape index (κ3) is 5.56. The van der Waals surface area contributed by atoms with Crippen molar-refractivity contribution in [1.82, 2.24) is 4.90 Å². The lowest BCUT2D eigenvalue weighted by Gasteiger charge is -2.20. The van der Waals surface area contributed by atoms with Crippen molar-refractivity contribution in [1.29, 1.82) is 0 Å². The van der Waals surface area contributed by atoms with E-state index in [4.69, 9.17) is 9.73 Å². The van der Waals surface area contributed by atoms with Gasteiger partial charge in [-0.2, -0.15) is 0 Å². The third-order valence-electron chi connectivity index (χ3n) is 5.18. The number of rotatable bonds is 6. The molecule has 1 N–H and O–H groups in total. The van der Waals surface area contributed by atoms with E-state index in [1.165, 1.54) is 11.8 Å². The second-order valence-electron chi connectivity index (χ2n) is 7.66. The molecule has 31 heavy (non-hydrogen) atoms. The Hall–Kier alpha value is -2.16. The van der Waals surface area contributed by atoms with Gasteiger partial charge in [-0.05, 0) is 65.5 Å². The molecule has 0 aromatic heterocycles. The van der Waals surface area contributed by atoms with Crippen LogP contribution in [0, 0.1) is 6.92 Å². The van der Waals surface area contributed by atoms with E-state index in [9.17, 15) is 9.59 Å². The van der Waals surface area contributed by atoms with Crippen molar-refractivity contribution < 1.29 is 14.3 Å². The first-order valence-electron chi connectivity index (χ1n) is 10.3. The molecule has 2 aromatic rings. The monoisotopic (exact) mass is 501 g/mol. The van der Waals surface area contributed by atoms with Crippen LogP contribution in [-0.2, 0) is 14.3 Å². The largest absolute Gasteiger partial charge is 0.376 e. The number of hydrogen-bond acceptors (Lipinski definition) is 5. The number of halogens is 1. The molecule has 2 amide bonds. The average Bonchev–Trinajstić information content (AvgIpc) is 3.34. The van der Waals surface area contributed by atoms with Gasteiger partial charge in [-0.1, -0.05) is 36.0 Å². The summed E-state index contributed by atoms with van der Waals surface area (Å²) >= 11 is 4.78. The summed E-state index contributed by atoms with van der Waals surface area (Å²) in [5.74, 6) is -0.291. The fraction of sp³-hybridized carbons (Fsp3) is 0.348. The number of aliphatic imine (C=N–C) groups is 1. The van der Waals surface area contributed by atoms with Crippen LogP contribution in [-0.4, -0.2) is 46.4 Å². The maximum Gasteiger partial charge on any atom is 0.242 e. The molecule has 2 heterocycles. The molecular weight excluding hydrogens is 478 g/mol. The van der Waals surface area contributed by atoms with Gasteiger partial charge in [0.1, 0.15) is 5.25 Å². The van der Waals surface area contributed by atoms with Crippen LogP contribution in [0.5, 0.6) is 0 Å². The topological polar surface area (TPSA) is 71.0 Å². The molecular formula is C23H24BrN3O3S. The number of ether oxygens (including phenoxy) is 1. The van der Waals surface area contributed by atoms with Gasteiger partial charge in [-0.3, -0.25) is 14.5 Å². The number of amides is 2. The van der Waals surface area contributed by atoms with Crippen molar-refractivity contribution >= 4 is 56.0 Å². The fourth-order valence-electron chi connectivity index (χ4n) is 3.63. The molecule has 6 nitrogen and oxygen atoms in total. The number of carbonyl (C=O) groups is 2. The third-order valence-corrected chi connectivity index (χ3v) is 7.04. The minimum absolute atomic E-state index is 0.0140. The first-order valence-corrected chi connectivity index (χ1v) is 12.0. The zero-order valence-corrected chi connectivity index (χ0v) is 19.6. The van der Waals surface area contributed by atoms with Gasteiger partial charge in [0.25, 0.3) is 0 Å². The predicted molar refractivity (Wildman–Crippen MR) is 128 cm³/mol. The van der Waals surface area contributed by atoms with Crippen LogP contribution in [0.2, 0.25) is 0 Å². The maximum absolute atomic E-state index is 13.2. The lowest BCUT2D eigenvalue weighted by atomic mass is 10.2. The molecule has 0 aliphatic carbocycles. The Morgan fingerprint density at radius 1 is 1.29 bits per heavy atom. The number of aryl methyl sites for hydroxylation is 1. The van der Waals surface area contributed by atoms with Crippen LogP contribution >= 0.6 is 27.7 Å². The molecule has 2 saturated heterocycles. The van der Waals surface area contributed by atoms with Gasteiger partial charge in [0.05, 0.1) is 24.0 Å². The van der Waals surface area contributed by atoms with Gasteiger partial charge in [0.2, 0.25) is 11.8 Å². The van der Waals surface area contributed by atoms with Crippen LogP contribution in [0.1, 0.15) is 24.8 Å². The van der Waals surface area contributed by atoms with Crippen LogP contribution < -0.4 is 5.32 Å². The summed E-state index contributed by atoms with van der Waals surface area (Å²) in [5.41, 5.74) is 2.59. The first kappa shape index (κ1) is 22.0. The molecule has 162 valence electrons. The van der Waals surface area contributed by atoms with Crippen LogP contribution in [0.3, 0.4) is 0 Å². The van der Waals surface area contributed by atoms with E-state index in [0.717, 1.165) is 35.2 Å². The molecule has 2 aliphatic heterocycles. The van der Waals surface area contributed by atoms with Crippen molar-refractivity contribution in [3.05, 3.63) is 58.6 Å². The molecule has 0 bridgehead atoms. The van der Waals surface area contributed by atoms with Crippen molar-refractivity contribution in [2.24, 2.45) is 4.99 Å². The number of nitrogens with zero attached hydrogens (tertiary/aromatic N) is 2. The Morgan fingerprint density at radius 3 is 2.87 bits per heavy atom. The van der Waals surface area contributed by atoms with E-state index in [0.29, 0.717) is 17.4 Å². The molecule has 2 fully saturated rings. The second-order valence-corrected chi connectivity index (χ2v) is 9.68. The van der Waals surface area contributed by atoms with E-state index in [2.05, 4.69) is 21.2 Å². The average molecular weight is 502 g/mol. The lowest BCUT2D eigenvalue weighted by molar-refractivity contribution is -0.129. The number of anilines is 1. The molecule has 2 aromatic carbocycles. The Morgan fingerprint density at radius 2 is 2.13 bits per heavy atom. The number of benzene rings is 2. The van der Waals surface area contributed by atoms with Crippen LogP contribution in [0.4, 0.5) is 11.4 Å². The Labute approximate surface area is 194 Å². The maximum atomic E-state index is 13.2. The van der Waals surface area contributed by atoms with Crippen LogP contribution in [0.25, 0.3) is 0 Å². The highest BCUT2D eigenvalue weighted by Gasteiger charge is 2.40. The summed E-state index contributed by atoms with van der Waals surface area (Å²) in [4.78, 5) is 32.3. The van der Waals surface area contributed by atoms with Gasteiger partial charge in [0.15, 0.2) is 5.17 Å². The number of carbonyl (C=O) groups excluding carboxylic acids is 2. The summed E-state index contributed by atoms with van der Waals surface area (Å²) in [6, 6.07) is 15.3. The zero-order valence-electron chi connectivity index (χ0n) is 17.2. The number of para-hydroxylation sites is 1. The summed E-state index contributed by atoms with van der Waals surface area (Å²) in [6.07, 6.45) is 2.03. The van der Waals surface area contributed by atoms with E-state index < -0.39 is 5.25 Å². The van der Waals surface area contributed by atoms with Gasteiger partial charge in [-0.25, -0.2) is 4.99 Å². The molecule has 0 radical (unpaired) electrons. The highest BCUT2D eigenvalue weighted by Crippen LogP contribution is 2.33. The molecule has 2 aliphatic rings. The number of hydrogen-bond donors (Lipinski definition) is 1. The van der Waals surface area contributed by atoms with Gasteiger partial charge in [-0.15, -0.1) is 0 Å². The van der Waals surface area contributed by atoms with Gasteiger partial charge in [0, 0.05) is 17.5 Å². The van der Waals surface area contributed by atoms with Gasteiger partial charge >= 0.3 is 0 Å². The molecule has 2 atom stereocenters. The number of thioether (sulfide) groups is 1. The second kappa shape index (κ2) is 9.97. The molecule has 0 spiro atoms. The summed E-state index contributed by atoms with van der Waals surface area (Å²) < 4.78 is 6.55. The molecule has 2 unspecified atom stereocenters. The minimum Gasteiger partial charge on any atom is -0.376 e. The normalized spacial score (nSPS) is 22.3. The first-order chi connectivity index (χ1) is 15.0. The minimum atomic E-state index is -0.507. The Bertz CT molecular complexity index is 1010. The van der Waals surface area contributed by atoms with E-state index in [-0.39, 0.29) is 24.3 Å². The van der Waals surface area contributed by atoms with Crippen molar-refractivity contribution in [2.45, 2.75) is 37.5 Å². The molecule has 0 saturated carbocycles. The highest BCUT2D eigenvalue weighted by molar-refractivity contribution is 9.10. The molecule has 8 heteroatoms. The predicted octanol–water partition coefficient (Wildman–Crippen LogP) is 4.90. The van der Waals surface area contributed by atoms with Crippen LogP contribution in [0.15, 0.2) is 58.0 Å². The number of amidine groups is 1. The molecule has 4 rings (SSSR count). The standard InChI is InChI=1S/C23H24BrN3O3S/c1-15-6-4-7-16(12-15)25-23-27(14-17-8-5-11-30-17)22(29)20(31-23)13-21(28)26-19-10-3-2-9-18(19)24/h2-4,6-7,9-10,12,17,20H,5,8,11,13-14H2,1H3,(H,26,28). The van der Waals surface area contributed by atoms with E-state index in [1.807, 2.05) is 55.5 Å². The van der Waals surface area contributed by atoms with Crippen molar-refractivity contribution in [3.8, 4) is 0 Å². The highest BCUT2D eigenvalue weighted by atomic mass is 79.9. The SMILES string of the molecule is Cc1cccc(N=C2SC(CC(=O)Nc3ccccc3Br)C(=O)N2CC2CCCO2)c1. The van der Waals surface area contributed by atoms with Gasteiger partial charge < -0.3 is 10.1 Å². The zero-order chi connectivity index (χ0) is 21.8. The Balaban J connectivity index is 1.51. The fourth-order valence-corrected chi connectivity index (χ4v) is 5.18. The van der Waals surface area contributed by atoms with E-state index >= 15 is 0 Å².